The monoisotopic (exact) mass is 376 g/mol. The topological polar surface area (TPSA) is 78.7 Å². The van der Waals surface area contributed by atoms with Gasteiger partial charge < -0.3 is 16.0 Å². The number of hydrogen-bond acceptors (Lipinski definition) is 4. The van der Waals surface area contributed by atoms with Crippen LogP contribution in [-0.2, 0) is 9.59 Å². The van der Waals surface area contributed by atoms with E-state index in [4.69, 9.17) is 5.73 Å². The molecule has 4 rings (SSSR count). The first-order valence-corrected chi connectivity index (χ1v) is 11.2. The highest BCUT2D eigenvalue weighted by Crippen LogP contribution is 2.38. The molecule has 2 atom stereocenters. The summed E-state index contributed by atoms with van der Waals surface area (Å²) in [5.74, 6) is 1.17. The maximum Gasteiger partial charge on any atom is 0.242 e. The summed E-state index contributed by atoms with van der Waals surface area (Å²) in [5.41, 5.74) is 5.55. The van der Waals surface area contributed by atoms with Gasteiger partial charge in [-0.3, -0.25) is 14.5 Å². The summed E-state index contributed by atoms with van der Waals surface area (Å²) in [6, 6.07) is 0.721. The van der Waals surface area contributed by atoms with E-state index in [1.807, 2.05) is 4.90 Å². The minimum atomic E-state index is -0.303. The molecule has 6 nitrogen and oxygen atoms in total. The standard InChI is InChI=1S/C21H36N4O2/c22-10-11-23-20(26)19-12-18(14-25(19)21(27)16-6-7-16)24(17-8-9-17)13-15-4-2-1-3-5-15/h15-19H,1-14,22H2,(H,23,26). The van der Waals surface area contributed by atoms with Crippen LogP contribution < -0.4 is 11.1 Å². The van der Waals surface area contributed by atoms with E-state index in [9.17, 15) is 9.59 Å². The number of nitrogens with zero attached hydrogens (tertiary/aromatic N) is 2. The van der Waals surface area contributed by atoms with Crippen LogP contribution >= 0.6 is 0 Å². The summed E-state index contributed by atoms with van der Waals surface area (Å²) in [6.07, 6.45) is 12.1. The molecule has 0 spiro atoms. The molecule has 3 aliphatic carbocycles. The Morgan fingerprint density at radius 2 is 1.74 bits per heavy atom. The molecule has 27 heavy (non-hydrogen) atoms. The number of nitrogens with one attached hydrogen (secondary N) is 1. The highest BCUT2D eigenvalue weighted by atomic mass is 16.2. The summed E-state index contributed by atoms with van der Waals surface area (Å²) in [7, 11) is 0. The van der Waals surface area contributed by atoms with Crippen LogP contribution in [0.15, 0.2) is 0 Å². The van der Waals surface area contributed by atoms with Gasteiger partial charge in [0.15, 0.2) is 0 Å². The number of nitrogens with two attached hydrogens (primary N) is 1. The number of carbonyl (C=O) groups is 2. The van der Waals surface area contributed by atoms with Crippen molar-refractivity contribution >= 4 is 11.8 Å². The van der Waals surface area contributed by atoms with Crippen LogP contribution in [0.25, 0.3) is 0 Å². The molecule has 1 heterocycles. The number of carbonyl (C=O) groups excluding carboxylic acids is 2. The van der Waals surface area contributed by atoms with E-state index < -0.39 is 0 Å². The Labute approximate surface area is 163 Å². The van der Waals surface area contributed by atoms with Crippen LogP contribution in [-0.4, -0.2) is 65.9 Å². The van der Waals surface area contributed by atoms with E-state index >= 15 is 0 Å². The first-order chi connectivity index (χ1) is 13.2. The Hall–Kier alpha value is -1.14. The zero-order valence-corrected chi connectivity index (χ0v) is 16.6. The lowest BCUT2D eigenvalue weighted by Gasteiger charge is -2.34. The van der Waals surface area contributed by atoms with E-state index in [2.05, 4.69) is 10.2 Å². The Bertz CT molecular complexity index is 540. The van der Waals surface area contributed by atoms with Crippen molar-refractivity contribution in [2.24, 2.45) is 17.6 Å². The molecule has 0 bridgehead atoms. The second-order valence-electron chi connectivity index (χ2n) is 9.18. The molecule has 4 aliphatic rings. The lowest BCUT2D eigenvalue weighted by Crippen LogP contribution is -2.47. The maximum atomic E-state index is 12.8. The number of amides is 2. The molecular formula is C21H36N4O2. The van der Waals surface area contributed by atoms with Crippen molar-refractivity contribution in [1.29, 1.82) is 0 Å². The average Bonchev–Trinajstić information content (AvgIpc) is 3.61. The van der Waals surface area contributed by atoms with E-state index in [0.29, 0.717) is 25.2 Å². The van der Waals surface area contributed by atoms with Crippen molar-refractivity contribution in [3.8, 4) is 0 Å². The zero-order valence-electron chi connectivity index (χ0n) is 16.6. The molecule has 0 radical (unpaired) electrons. The molecule has 0 aromatic carbocycles. The van der Waals surface area contributed by atoms with E-state index in [0.717, 1.165) is 38.3 Å². The fourth-order valence-corrected chi connectivity index (χ4v) is 5.09. The lowest BCUT2D eigenvalue weighted by molar-refractivity contribution is -0.139. The molecule has 0 aromatic rings. The minimum Gasteiger partial charge on any atom is -0.353 e. The first kappa shape index (κ1) is 19.2. The third kappa shape index (κ3) is 4.65. The molecule has 0 aromatic heterocycles. The van der Waals surface area contributed by atoms with Crippen LogP contribution in [0.1, 0.15) is 64.2 Å². The van der Waals surface area contributed by atoms with Gasteiger partial charge in [-0.15, -0.1) is 0 Å². The summed E-state index contributed by atoms with van der Waals surface area (Å²) in [6.45, 7) is 2.82. The molecular weight excluding hydrogens is 340 g/mol. The normalized spacial score (nSPS) is 29.3. The summed E-state index contributed by atoms with van der Waals surface area (Å²) >= 11 is 0. The van der Waals surface area contributed by atoms with Crippen molar-refractivity contribution in [1.82, 2.24) is 15.1 Å². The summed E-state index contributed by atoms with van der Waals surface area (Å²) in [5, 5.41) is 2.93. The first-order valence-electron chi connectivity index (χ1n) is 11.2. The molecule has 1 aliphatic heterocycles. The lowest BCUT2D eigenvalue weighted by atomic mass is 9.88. The molecule has 4 fully saturated rings. The van der Waals surface area contributed by atoms with Gasteiger partial charge in [0.2, 0.25) is 11.8 Å². The van der Waals surface area contributed by atoms with Crippen LogP contribution in [0.2, 0.25) is 0 Å². The smallest absolute Gasteiger partial charge is 0.242 e. The summed E-state index contributed by atoms with van der Waals surface area (Å²) in [4.78, 5) is 30.2. The molecule has 1 saturated heterocycles. The van der Waals surface area contributed by atoms with Crippen molar-refractivity contribution in [2.75, 3.05) is 26.2 Å². The van der Waals surface area contributed by atoms with E-state index in [1.165, 1.54) is 44.9 Å². The SMILES string of the molecule is NCCNC(=O)C1CC(N(CC2CCCCC2)C2CC2)CN1C(=O)C1CC1. The molecule has 2 amide bonds. The molecule has 152 valence electrons. The van der Waals surface area contributed by atoms with Crippen LogP contribution in [0, 0.1) is 11.8 Å². The quantitative estimate of drug-likeness (QED) is 0.673. The van der Waals surface area contributed by atoms with Crippen LogP contribution in [0.3, 0.4) is 0 Å². The molecule has 3 N–H and O–H groups in total. The predicted octanol–water partition coefficient (Wildman–Crippen LogP) is 1.49. The fraction of sp³-hybridized carbons (Fsp3) is 0.905. The third-order valence-corrected chi connectivity index (χ3v) is 6.91. The third-order valence-electron chi connectivity index (χ3n) is 6.91. The second-order valence-corrected chi connectivity index (χ2v) is 9.18. The van der Waals surface area contributed by atoms with Gasteiger partial charge >= 0.3 is 0 Å². The Balaban J connectivity index is 1.44. The van der Waals surface area contributed by atoms with Crippen LogP contribution in [0.4, 0.5) is 0 Å². The van der Waals surface area contributed by atoms with Gasteiger partial charge in [0.1, 0.15) is 6.04 Å². The number of likely N-dealkylation sites (tertiary alicyclic amines) is 1. The van der Waals surface area contributed by atoms with Gasteiger partial charge in [0, 0.05) is 44.2 Å². The Morgan fingerprint density at radius 3 is 2.37 bits per heavy atom. The Morgan fingerprint density at radius 1 is 1.00 bits per heavy atom. The largest absolute Gasteiger partial charge is 0.353 e. The Kier molecular flexibility index (Phi) is 6.02. The van der Waals surface area contributed by atoms with Crippen molar-refractivity contribution in [2.45, 2.75) is 82.3 Å². The van der Waals surface area contributed by atoms with Gasteiger partial charge in [-0.2, -0.15) is 0 Å². The van der Waals surface area contributed by atoms with E-state index in [1.54, 1.807) is 0 Å². The second kappa shape index (κ2) is 8.48. The van der Waals surface area contributed by atoms with Gasteiger partial charge in [0.05, 0.1) is 0 Å². The number of rotatable bonds is 8. The van der Waals surface area contributed by atoms with Crippen molar-refractivity contribution < 1.29 is 9.59 Å². The molecule has 2 unspecified atom stereocenters. The minimum absolute atomic E-state index is 0.00892. The zero-order chi connectivity index (χ0) is 18.8. The van der Waals surface area contributed by atoms with Gasteiger partial charge in [-0.05, 0) is 50.9 Å². The molecule has 3 saturated carbocycles. The predicted molar refractivity (Wildman–Crippen MR) is 105 cm³/mol. The van der Waals surface area contributed by atoms with E-state index in [-0.39, 0.29) is 23.8 Å². The average molecular weight is 377 g/mol. The number of hydrogen-bond donors (Lipinski definition) is 2. The van der Waals surface area contributed by atoms with Gasteiger partial charge in [0.25, 0.3) is 0 Å². The highest BCUT2D eigenvalue weighted by Gasteiger charge is 2.47. The summed E-state index contributed by atoms with van der Waals surface area (Å²) < 4.78 is 0. The van der Waals surface area contributed by atoms with Crippen molar-refractivity contribution in [3.63, 3.8) is 0 Å². The highest BCUT2D eigenvalue weighted by molar-refractivity contribution is 5.90. The van der Waals surface area contributed by atoms with Gasteiger partial charge in [-0.1, -0.05) is 19.3 Å². The molecule has 6 heteroatoms. The van der Waals surface area contributed by atoms with Gasteiger partial charge in [-0.25, -0.2) is 0 Å². The fourth-order valence-electron chi connectivity index (χ4n) is 5.09. The van der Waals surface area contributed by atoms with Crippen molar-refractivity contribution in [3.05, 3.63) is 0 Å². The maximum absolute atomic E-state index is 12.8. The van der Waals surface area contributed by atoms with Crippen LogP contribution in [0.5, 0.6) is 0 Å².